The van der Waals surface area contributed by atoms with Gasteiger partial charge in [-0.3, -0.25) is 9.69 Å². The minimum atomic E-state index is -2.33. The molecule has 0 saturated heterocycles. The van der Waals surface area contributed by atoms with Gasteiger partial charge >= 0.3 is 6.09 Å². The third-order valence-electron chi connectivity index (χ3n) is 11.1. The Labute approximate surface area is 267 Å². The zero-order valence-corrected chi connectivity index (χ0v) is 29.7. The van der Waals surface area contributed by atoms with E-state index in [0.717, 1.165) is 35.8 Å². The van der Waals surface area contributed by atoms with E-state index in [4.69, 9.17) is 9.47 Å². The molecule has 1 fully saturated rings. The van der Waals surface area contributed by atoms with Crippen molar-refractivity contribution in [2.24, 2.45) is 11.8 Å². The number of amides is 1. The smallest absolute Gasteiger partial charge is 0.414 e. The first-order chi connectivity index (χ1) is 20.7. The molecule has 1 heterocycles. The summed E-state index contributed by atoms with van der Waals surface area (Å²) >= 11 is 0. The van der Waals surface area contributed by atoms with E-state index in [1.165, 1.54) is 5.56 Å². The van der Waals surface area contributed by atoms with Crippen molar-refractivity contribution in [2.45, 2.75) is 122 Å². The molecular formula is C38H55NO4Si. The Balaban J connectivity index is 1.78. The van der Waals surface area contributed by atoms with Crippen LogP contribution in [0.1, 0.15) is 105 Å². The van der Waals surface area contributed by atoms with E-state index in [0.29, 0.717) is 22.5 Å². The molecule has 4 atom stereocenters. The molecule has 6 heteroatoms. The number of methoxy groups -OCH3 is 1. The zero-order valence-electron chi connectivity index (χ0n) is 28.7. The van der Waals surface area contributed by atoms with Crippen LogP contribution in [0.4, 0.5) is 4.79 Å². The van der Waals surface area contributed by atoms with Gasteiger partial charge in [0.25, 0.3) is 0 Å². The van der Waals surface area contributed by atoms with E-state index >= 15 is 0 Å². The van der Waals surface area contributed by atoms with Gasteiger partial charge in [-0.2, -0.15) is 0 Å². The van der Waals surface area contributed by atoms with Gasteiger partial charge in [-0.15, -0.1) is 0 Å². The molecule has 2 aliphatic rings. The number of ether oxygens (including phenoxy) is 2. The Morgan fingerprint density at radius 1 is 0.909 bits per heavy atom. The molecule has 44 heavy (non-hydrogen) atoms. The van der Waals surface area contributed by atoms with E-state index in [2.05, 4.69) is 92.6 Å². The van der Waals surface area contributed by atoms with E-state index < -0.39 is 14.1 Å². The van der Waals surface area contributed by atoms with Crippen LogP contribution in [0, 0.1) is 11.8 Å². The van der Waals surface area contributed by atoms with Gasteiger partial charge in [0.1, 0.15) is 19.9 Å². The molecule has 4 rings (SSSR count). The Morgan fingerprint density at radius 2 is 1.50 bits per heavy atom. The van der Waals surface area contributed by atoms with Crippen molar-refractivity contribution < 1.29 is 19.1 Å². The van der Waals surface area contributed by atoms with Crippen LogP contribution in [0.25, 0.3) is 0 Å². The molecule has 2 aromatic rings. The summed E-state index contributed by atoms with van der Waals surface area (Å²) < 4.78 is 12.0. The first-order valence-corrected chi connectivity index (χ1v) is 18.9. The molecule has 1 saturated carbocycles. The van der Waals surface area contributed by atoms with Crippen LogP contribution < -0.4 is 4.74 Å². The molecule has 1 aliphatic heterocycles. The summed E-state index contributed by atoms with van der Waals surface area (Å²) in [5, 5.41) is 0.886. The van der Waals surface area contributed by atoms with Gasteiger partial charge in [0.2, 0.25) is 0 Å². The molecule has 1 amide bonds. The Morgan fingerprint density at radius 3 is 2.05 bits per heavy atom. The summed E-state index contributed by atoms with van der Waals surface area (Å²) in [5.74, 6) is 1.58. The normalized spacial score (nSPS) is 23.2. The highest BCUT2D eigenvalue weighted by Gasteiger charge is 2.51. The van der Waals surface area contributed by atoms with Crippen LogP contribution in [0.2, 0.25) is 16.6 Å². The fraction of sp³-hybridized carbons (Fsp3) is 0.579. The van der Waals surface area contributed by atoms with E-state index in [9.17, 15) is 9.59 Å². The minimum Gasteiger partial charge on any atom is -0.497 e. The van der Waals surface area contributed by atoms with Crippen LogP contribution in [0.15, 0.2) is 66.0 Å². The van der Waals surface area contributed by atoms with Crippen molar-refractivity contribution >= 4 is 20.0 Å². The van der Waals surface area contributed by atoms with Gasteiger partial charge in [0.15, 0.2) is 5.78 Å². The summed E-state index contributed by atoms with van der Waals surface area (Å²) in [7, 11) is -0.688. The molecule has 240 valence electrons. The van der Waals surface area contributed by atoms with Crippen molar-refractivity contribution in [1.82, 2.24) is 4.90 Å². The third kappa shape index (κ3) is 6.42. The molecule has 0 spiro atoms. The SMILES string of the molecule is COc1ccc([C@@H]2CC(=O)C([Si](C(C)C)(C(C)C)C(C)C)=CN2C(=O)O[C@@H]2C[C@H](C)CC[C@H]2C(C)(C)c2ccccc2)cc1. The Hall–Kier alpha value is -2.86. The zero-order chi connectivity index (χ0) is 32.4. The van der Waals surface area contributed by atoms with Crippen molar-refractivity contribution in [3.8, 4) is 5.75 Å². The third-order valence-corrected chi connectivity index (χ3v) is 18.2. The van der Waals surface area contributed by atoms with Crippen molar-refractivity contribution in [2.75, 3.05) is 7.11 Å². The summed E-state index contributed by atoms with van der Waals surface area (Å²) in [6.07, 6.45) is 4.60. The van der Waals surface area contributed by atoms with Crippen molar-refractivity contribution in [3.05, 3.63) is 77.1 Å². The second-order valence-electron chi connectivity index (χ2n) is 14.8. The minimum absolute atomic E-state index is 0.157. The quantitative estimate of drug-likeness (QED) is 0.263. The van der Waals surface area contributed by atoms with Crippen molar-refractivity contribution in [3.63, 3.8) is 0 Å². The van der Waals surface area contributed by atoms with Gasteiger partial charge < -0.3 is 9.47 Å². The van der Waals surface area contributed by atoms with Crippen LogP contribution in [-0.4, -0.2) is 38.1 Å². The number of benzene rings is 2. The highest BCUT2D eigenvalue weighted by Crippen LogP contribution is 2.50. The lowest BCUT2D eigenvalue weighted by Crippen LogP contribution is -2.52. The van der Waals surface area contributed by atoms with Gasteiger partial charge in [-0.05, 0) is 69.3 Å². The fourth-order valence-corrected chi connectivity index (χ4v) is 15.6. The number of hydrogen-bond acceptors (Lipinski definition) is 4. The maximum absolute atomic E-state index is 14.5. The van der Waals surface area contributed by atoms with Crippen molar-refractivity contribution in [1.29, 1.82) is 0 Å². The number of nitrogens with zero attached hydrogens (tertiary/aromatic N) is 1. The number of rotatable bonds is 9. The lowest BCUT2D eigenvalue weighted by atomic mass is 9.64. The predicted molar refractivity (Wildman–Crippen MR) is 183 cm³/mol. The predicted octanol–water partition coefficient (Wildman–Crippen LogP) is 10.0. The largest absolute Gasteiger partial charge is 0.497 e. The molecule has 0 unspecified atom stereocenters. The van der Waals surface area contributed by atoms with E-state index in [-0.39, 0.29) is 35.7 Å². The average molecular weight is 618 g/mol. The number of allylic oxidation sites excluding steroid dienone is 1. The number of hydrogen-bond donors (Lipinski definition) is 0. The Kier molecular flexibility index (Phi) is 10.5. The molecule has 0 radical (unpaired) electrons. The van der Waals surface area contributed by atoms with E-state index in [1.807, 2.05) is 30.5 Å². The van der Waals surface area contributed by atoms with Gasteiger partial charge in [-0.1, -0.05) is 111 Å². The lowest BCUT2D eigenvalue weighted by Gasteiger charge is -2.48. The van der Waals surface area contributed by atoms with Gasteiger partial charge in [0, 0.05) is 18.5 Å². The maximum atomic E-state index is 14.5. The summed E-state index contributed by atoms with van der Waals surface area (Å²) in [6.45, 7) is 20.4. The highest BCUT2D eigenvalue weighted by atomic mass is 28.3. The van der Waals surface area contributed by atoms with Crippen LogP contribution >= 0.6 is 0 Å². The average Bonchev–Trinajstić information content (AvgIpc) is 2.98. The lowest BCUT2D eigenvalue weighted by molar-refractivity contribution is -0.116. The number of ketones is 1. The van der Waals surface area contributed by atoms with Crippen LogP contribution in [-0.2, 0) is 14.9 Å². The molecule has 5 nitrogen and oxygen atoms in total. The van der Waals surface area contributed by atoms with Crippen LogP contribution in [0.5, 0.6) is 5.75 Å². The first kappa shape index (κ1) is 34.0. The number of carbonyl (C=O) groups is 2. The Bertz CT molecular complexity index is 1290. The molecule has 0 bridgehead atoms. The fourth-order valence-electron chi connectivity index (χ4n) is 8.81. The van der Waals surface area contributed by atoms with Gasteiger partial charge in [-0.25, -0.2) is 4.79 Å². The summed E-state index contributed by atoms with van der Waals surface area (Å²) in [4.78, 5) is 30.5. The highest BCUT2D eigenvalue weighted by molar-refractivity contribution is 6.93. The first-order valence-electron chi connectivity index (χ1n) is 16.7. The molecule has 0 aromatic heterocycles. The molecule has 0 N–H and O–H groups in total. The standard InChI is InChI=1S/C38H55NO4Si/c1-25(2)44(26(3)4,27(5)6)36-24-39(33(23-34(36)40)29-17-19-31(42-10)20-18-29)37(41)43-35-22-28(7)16-21-32(35)38(8,9)30-14-12-11-13-15-30/h11-15,17-20,24-28,32-33,35H,16,21-23H2,1-10H3/t28-,32-,33+,35-/m1/s1. The van der Waals surface area contributed by atoms with Gasteiger partial charge in [0.05, 0.1) is 13.2 Å². The molecule has 2 aromatic carbocycles. The molecular weight excluding hydrogens is 563 g/mol. The second kappa shape index (κ2) is 13.6. The molecule has 1 aliphatic carbocycles. The summed E-state index contributed by atoms with van der Waals surface area (Å²) in [5.41, 5.74) is 3.07. The van der Waals surface area contributed by atoms with E-state index in [1.54, 1.807) is 12.0 Å². The maximum Gasteiger partial charge on any atom is 0.414 e. The number of Topliss-reactive ketones (excluding diaryl/α,β-unsaturated/α-hetero) is 1. The summed E-state index contributed by atoms with van der Waals surface area (Å²) in [6, 6.07) is 17.9. The second-order valence-corrected chi connectivity index (χ2v) is 20.7. The monoisotopic (exact) mass is 617 g/mol. The topological polar surface area (TPSA) is 55.8 Å². The number of carbonyl (C=O) groups excluding carboxylic acids is 2. The van der Waals surface area contributed by atoms with Crippen LogP contribution in [0.3, 0.4) is 0 Å².